The number of halogens is 1. The highest BCUT2D eigenvalue weighted by atomic mass is 127. The molecule has 0 amide bonds. The quantitative estimate of drug-likeness (QED) is 0.202. The maximum absolute atomic E-state index is 5.51. The molecule has 1 atom stereocenters. The van der Waals surface area contributed by atoms with Gasteiger partial charge < -0.3 is 8.92 Å². The first kappa shape index (κ1) is 15.3. The summed E-state index contributed by atoms with van der Waals surface area (Å²) < 4.78 is 10.7. The Morgan fingerprint density at radius 1 is 1.47 bits per heavy atom. The predicted molar refractivity (Wildman–Crippen MR) is 75.9 cm³/mol. The van der Waals surface area contributed by atoms with Crippen LogP contribution in [-0.4, -0.2) is 13.2 Å². The highest BCUT2D eigenvalue weighted by Gasteiger charge is 2.02. The predicted octanol–water partition coefficient (Wildman–Crippen LogP) is 4.52. The van der Waals surface area contributed by atoms with Gasteiger partial charge in [-0.1, -0.05) is 13.5 Å². The van der Waals surface area contributed by atoms with Crippen molar-refractivity contribution in [3.8, 4) is 0 Å². The van der Waals surface area contributed by atoms with Crippen LogP contribution in [0, 0.1) is 5.92 Å². The van der Waals surface area contributed by atoms with Crippen molar-refractivity contribution in [2.24, 2.45) is 5.92 Å². The van der Waals surface area contributed by atoms with Crippen LogP contribution in [0.5, 0.6) is 0 Å². The second-order valence-corrected chi connectivity index (χ2v) is 4.75. The summed E-state index contributed by atoms with van der Waals surface area (Å²) in [6, 6.07) is 0. The average molecular weight is 342 g/mol. The summed E-state index contributed by atoms with van der Waals surface area (Å²) in [7, 11) is 1.40. The van der Waals surface area contributed by atoms with E-state index < -0.39 is 0 Å². The van der Waals surface area contributed by atoms with Gasteiger partial charge in [0.2, 0.25) is 0 Å². The fourth-order valence-corrected chi connectivity index (χ4v) is 1.76. The molecule has 0 rings (SSSR count). The molecular formula is C11H19IO2S. The minimum Gasteiger partial charge on any atom is -0.494 e. The Balaban J connectivity index is 3.45. The maximum atomic E-state index is 5.51. The van der Waals surface area contributed by atoms with Crippen molar-refractivity contribution in [3.63, 3.8) is 0 Å². The second kappa shape index (κ2) is 10.8. The Bertz CT molecular complexity index is 195. The van der Waals surface area contributed by atoms with Crippen molar-refractivity contribution in [3.05, 3.63) is 24.5 Å². The SMILES string of the molecule is C=C/C(=C\C)OCCC(C)CCOSI. The van der Waals surface area contributed by atoms with Crippen LogP contribution in [0.2, 0.25) is 0 Å². The van der Waals surface area contributed by atoms with E-state index in [9.17, 15) is 0 Å². The summed E-state index contributed by atoms with van der Waals surface area (Å²) in [6.45, 7) is 9.41. The van der Waals surface area contributed by atoms with Gasteiger partial charge in [-0.15, -0.1) is 0 Å². The molecule has 0 saturated carbocycles. The van der Waals surface area contributed by atoms with Crippen molar-refractivity contribution < 1.29 is 8.92 Å². The number of hydrogen-bond donors (Lipinski definition) is 0. The van der Waals surface area contributed by atoms with Gasteiger partial charge in [-0.2, -0.15) is 0 Å². The Labute approximate surface area is 109 Å². The number of rotatable bonds is 9. The highest BCUT2D eigenvalue weighted by Crippen LogP contribution is 2.15. The monoisotopic (exact) mass is 342 g/mol. The molecular weight excluding hydrogens is 323 g/mol. The maximum Gasteiger partial charge on any atom is 0.114 e. The Morgan fingerprint density at radius 2 is 2.13 bits per heavy atom. The van der Waals surface area contributed by atoms with Crippen LogP contribution >= 0.6 is 30.4 Å². The standard InChI is InChI=1S/C11H19IO2S/c1-4-11(5-2)13-8-6-10(3)7-9-14-15-12/h4-5,10H,1,6-9H2,2-3H3/b11-5+. The molecule has 0 bridgehead atoms. The van der Waals surface area contributed by atoms with Gasteiger partial charge in [0, 0.05) is 21.2 Å². The second-order valence-electron chi connectivity index (χ2n) is 3.31. The highest BCUT2D eigenvalue weighted by molar-refractivity contribution is 14.2. The number of allylic oxidation sites excluding steroid dienone is 2. The molecule has 0 heterocycles. The van der Waals surface area contributed by atoms with Crippen LogP contribution in [0.15, 0.2) is 24.5 Å². The van der Waals surface area contributed by atoms with Crippen LogP contribution in [0.1, 0.15) is 26.7 Å². The molecule has 0 aromatic rings. The van der Waals surface area contributed by atoms with Crippen molar-refractivity contribution in [2.75, 3.05) is 13.2 Å². The Morgan fingerprint density at radius 3 is 2.67 bits per heavy atom. The molecule has 0 saturated heterocycles. The largest absolute Gasteiger partial charge is 0.494 e. The molecule has 0 aliphatic heterocycles. The zero-order valence-corrected chi connectivity index (χ0v) is 12.3. The molecule has 2 nitrogen and oxygen atoms in total. The van der Waals surface area contributed by atoms with Gasteiger partial charge in [0.25, 0.3) is 0 Å². The summed E-state index contributed by atoms with van der Waals surface area (Å²) in [5, 5.41) is 0. The average Bonchev–Trinajstić information content (AvgIpc) is 2.25. The summed E-state index contributed by atoms with van der Waals surface area (Å²) in [6.07, 6.45) is 5.80. The normalized spacial score (nSPS) is 13.7. The van der Waals surface area contributed by atoms with Crippen LogP contribution in [0.3, 0.4) is 0 Å². The zero-order valence-electron chi connectivity index (χ0n) is 9.37. The molecule has 4 heteroatoms. The van der Waals surface area contributed by atoms with E-state index >= 15 is 0 Å². The third-order valence-electron chi connectivity index (χ3n) is 2.10. The van der Waals surface area contributed by atoms with Crippen molar-refractivity contribution in [1.82, 2.24) is 0 Å². The molecule has 0 N–H and O–H groups in total. The smallest absolute Gasteiger partial charge is 0.114 e. The summed E-state index contributed by atoms with van der Waals surface area (Å²) in [5.41, 5.74) is 0. The first-order valence-corrected chi connectivity index (χ1v) is 8.34. The van der Waals surface area contributed by atoms with Crippen molar-refractivity contribution in [1.29, 1.82) is 0 Å². The minimum absolute atomic E-state index is 0.636. The molecule has 0 aliphatic rings. The van der Waals surface area contributed by atoms with Gasteiger partial charge in [-0.05, 0) is 37.8 Å². The van der Waals surface area contributed by atoms with E-state index in [1.807, 2.05) is 13.0 Å². The Hall–Kier alpha value is 0.320. The van der Waals surface area contributed by atoms with Gasteiger partial charge in [0.1, 0.15) is 5.76 Å². The molecule has 0 aromatic heterocycles. The number of ether oxygens (including phenoxy) is 1. The first-order valence-electron chi connectivity index (χ1n) is 5.06. The molecule has 0 fully saturated rings. The minimum atomic E-state index is 0.636. The zero-order chi connectivity index (χ0) is 11.5. The summed E-state index contributed by atoms with van der Waals surface area (Å²) >= 11 is 2.13. The van der Waals surface area contributed by atoms with E-state index in [1.54, 1.807) is 6.08 Å². The van der Waals surface area contributed by atoms with E-state index in [0.29, 0.717) is 5.92 Å². The van der Waals surface area contributed by atoms with Gasteiger partial charge in [0.15, 0.2) is 0 Å². The van der Waals surface area contributed by atoms with E-state index in [1.165, 1.54) is 9.21 Å². The Kier molecular flexibility index (Phi) is 11.1. The summed E-state index contributed by atoms with van der Waals surface area (Å²) in [5.74, 6) is 1.50. The van der Waals surface area contributed by atoms with E-state index in [2.05, 4.69) is 34.7 Å². The molecule has 0 aliphatic carbocycles. The summed E-state index contributed by atoms with van der Waals surface area (Å²) in [4.78, 5) is 0. The lowest BCUT2D eigenvalue weighted by molar-refractivity contribution is 0.195. The van der Waals surface area contributed by atoms with E-state index in [0.717, 1.165) is 31.8 Å². The van der Waals surface area contributed by atoms with E-state index in [4.69, 9.17) is 8.92 Å². The molecule has 15 heavy (non-hydrogen) atoms. The van der Waals surface area contributed by atoms with Gasteiger partial charge in [-0.3, -0.25) is 0 Å². The van der Waals surface area contributed by atoms with Crippen LogP contribution in [-0.2, 0) is 8.92 Å². The first-order chi connectivity index (χ1) is 7.24. The van der Waals surface area contributed by atoms with Crippen LogP contribution < -0.4 is 0 Å². The van der Waals surface area contributed by atoms with Crippen molar-refractivity contribution >= 4 is 30.4 Å². The molecule has 0 aromatic carbocycles. The fraction of sp³-hybridized carbons (Fsp3) is 0.636. The molecule has 1 unspecified atom stereocenters. The molecule has 0 spiro atoms. The van der Waals surface area contributed by atoms with Crippen LogP contribution in [0.4, 0.5) is 0 Å². The third-order valence-corrected chi connectivity index (χ3v) is 3.12. The van der Waals surface area contributed by atoms with Gasteiger partial charge in [0.05, 0.1) is 22.4 Å². The van der Waals surface area contributed by atoms with Gasteiger partial charge >= 0.3 is 0 Å². The topological polar surface area (TPSA) is 18.5 Å². The van der Waals surface area contributed by atoms with Crippen LogP contribution in [0.25, 0.3) is 0 Å². The molecule has 0 radical (unpaired) electrons. The molecule has 88 valence electrons. The lowest BCUT2D eigenvalue weighted by atomic mass is 10.1. The van der Waals surface area contributed by atoms with Gasteiger partial charge in [-0.25, -0.2) is 0 Å². The fourth-order valence-electron chi connectivity index (χ4n) is 1.06. The number of hydrogen-bond acceptors (Lipinski definition) is 3. The lowest BCUT2D eigenvalue weighted by Crippen LogP contribution is -2.03. The lowest BCUT2D eigenvalue weighted by Gasteiger charge is -2.11. The van der Waals surface area contributed by atoms with E-state index in [-0.39, 0.29) is 0 Å². The van der Waals surface area contributed by atoms with Crippen molar-refractivity contribution in [2.45, 2.75) is 26.7 Å². The third kappa shape index (κ3) is 9.26.